The smallest absolute Gasteiger partial charge is 0.253 e. The molecule has 0 aromatic heterocycles. The van der Waals surface area contributed by atoms with E-state index < -0.39 is 0 Å². The quantitative estimate of drug-likeness (QED) is 0.898. The predicted octanol–water partition coefficient (Wildman–Crippen LogP) is 2.77. The van der Waals surface area contributed by atoms with Crippen LogP contribution >= 0.6 is 0 Å². The van der Waals surface area contributed by atoms with Crippen LogP contribution in [0.15, 0.2) is 18.2 Å². The molecular weight excluding hydrogens is 290 g/mol. The van der Waals surface area contributed by atoms with Gasteiger partial charge in [0.1, 0.15) is 0 Å². The zero-order valence-electron chi connectivity index (χ0n) is 13.9. The lowest BCUT2D eigenvalue weighted by Crippen LogP contribution is -2.35. The van der Waals surface area contributed by atoms with Crippen LogP contribution in [0.5, 0.6) is 0 Å². The number of carbonyl (C=O) groups excluding carboxylic acids is 2. The Morgan fingerprint density at radius 3 is 2.43 bits per heavy atom. The van der Waals surface area contributed by atoms with Crippen LogP contribution in [-0.2, 0) is 4.79 Å². The number of nitrogens with zero attached hydrogens (tertiary/aromatic N) is 1. The van der Waals surface area contributed by atoms with E-state index in [0.717, 1.165) is 50.4 Å². The van der Waals surface area contributed by atoms with Gasteiger partial charge in [0.2, 0.25) is 5.91 Å². The minimum Gasteiger partial charge on any atom is -0.371 e. The van der Waals surface area contributed by atoms with Gasteiger partial charge in [-0.3, -0.25) is 9.59 Å². The minimum atomic E-state index is -0.127. The zero-order valence-corrected chi connectivity index (χ0v) is 13.9. The van der Waals surface area contributed by atoms with Crippen molar-refractivity contribution in [2.24, 2.45) is 5.92 Å². The van der Waals surface area contributed by atoms with Crippen molar-refractivity contribution in [3.8, 4) is 0 Å². The second-order valence-electron chi connectivity index (χ2n) is 6.83. The van der Waals surface area contributed by atoms with Gasteiger partial charge in [0.05, 0.1) is 5.56 Å². The van der Waals surface area contributed by atoms with Gasteiger partial charge in [0.25, 0.3) is 5.91 Å². The highest BCUT2D eigenvalue weighted by Gasteiger charge is 2.27. The average Bonchev–Trinajstić information content (AvgIpc) is 3.31. The van der Waals surface area contributed by atoms with E-state index in [2.05, 4.69) is 22.5 Å². The van der Waals surface area contributed by atoms with Gasteiger partial charge in [-0.2, -0.15) is 0 Å². The van der Waals surface area contributed by atoms with Crippen LogP contribution in [0.25, 0.3) is 0 Å². The van der Waals surface area contributed by atoms with Gasteiger partial charge < -0.3 is 15.5 Å². The highest BCUT2D eigenvalue weighted by Crippen LogP contribution is 2.29. The molecule has 0 bridgehead atoms. The number of amides is 2. The van der Waals surface area contributed by atoms with Gasteiger partial charge in [-0.05, 0) is 49.8 Å². The number of piperidine rings is 1. The number of nitrogens with one attached hydrogen (secondary N) is 2. The molecule has 5 nitrogen and oxygen atoms in total. The lowest BCUT2D eigenvalue weighted by atomic mass is 9.97. The molecule has 124 valence electrons. The molecule has 0 atom stereocenters. The SMILES string of the molecule is CC(=O)Nc1ccc(N2CCC(C)CC2)c(C(=O)NC2CC2)c1. The summed E-state index contributed by atoms with van der Waals surface area (Å²) in [5.41, 5.74) is 2.31. The maximum absolute atomic E-state index is 12.6. The summed E-state index contributed by atoms with van der Waals surface area (Å²) in [7, 11) is 0. The molecule has 1 aliphatic carbocycles. The third kappa shape index (κ3) is 4.03. The normalized spacial score (nSPS) is 18.6. The summed E-state index contributed by atoms with van der Waals surface area (Å²) in [5, 5.41) is 5.83. The number of benzene rings is 1. The van der Waals surface area contributed by atoms with Crippen molar-refractivity contribution in [1.82, 2.24) is 5.32 Å². The third-order valence-electron chi connectivity index (χ3n) is 4.60. The molecule has 2 aliphatic rings. The number of anilines is 2. The number of carbonyl (C=O) groups is 2. The molecule has 1 aromatic carbocycles. The second kappa shape index (κ2) is 6.60. The molecule has 3 rings (SSSR count). The summed E-state index contributed by atoms with van der Waals surface area (Å²) in [6.07, 6.45) is 4.43. The van der Waals surface area contributed by atoms with Gasteiger partial charge in [-0.25, -0.2) is 0 Å². The minimum absolute atomic E-state index is 0.0340. The summed E-state index contributed by atoms with van der Waals surface area (Å²) >= 11 is 0. The van der Waals surface area contributed by atoms with Gasteiger partial charge in [-0.15, -0.1) is 0 Å². The molecule has 1 aromatic rings. The van der Waals surface area contributed by atoms with E-state index in [1.165, 1.54) is 6.92 Å². The van der Waals surface area contributed by atoms with E-state index in [0.29, 0.717) is 17.3 Å². The fraction of sp³-hybridized carbons (Fsp3) is 0.556. The molecule has 2 amide bonds. The fourth-order valence-electron chi connectivity index (χ4n) is 3.01. The summed E-state index contributed by atoms with van der Waals surface area (Å²) in [5.74, 6) is 0.583. The van der Waals surface area contributed by atoms with E-state index in [9.17, 15) is 9.59 Å². The van der Waals surface area contributed by atoms with Crippen molar-refractivity contribution in [3.05, 3.63) is 23.8 Å². The summed E-state index contributed by atoms with van der Waals surface area (Å²) in [4.78, 5) is 26.2. The van der Waals surface area contributed by atoms with Crippen molar-refractivity contribution in [2.75, 3.05) is 23.3 Å². The van der Waals surface area contributed by atoms with Crippen LogP contribution in [0.1, 0.15) is 49.9 Å². The predicted molar refractivity (Wildman–Crippen MR) is 91.8 cm³/mol. The first-order chi connectivity index (χ1) is 11.0. The molecule has 0 spiro atoms. The molecular formula is C18H25N3O2. The van der Waals surface area contributed by atoms with Crippen molar-refractivity contribution in [2.45, 2.75) is 45.6 Å². The largest absolute Gasteiger partial charge is 0.371 e. The first kappa shape index (κ1) is 15.8. The van der Waals surface area contributed by atoms with Crippen molar-refractivity contribution in [1.29, 1.82) is 0 Å². The Morgan fingerprint density at radius 1 is 1.13 bits per heavy atom. The van der Waals surface area contributed by atoms with Crippen LogP contribution in [0.4, 0.5) is 11.4 Å². The van der Waals surface area contributed by atoms with Crippen LogP contribution in [0.2, 0.25) is 0 Å². The Hall–Kier alpha value is -2.04. The van der Waals surface area contributed by atoms with Gasteiger partial charge in [-0.1, -0.05) is 6.92 Å². The lowest BCUT2D eigenvalue weighted by Gasteiger charge is -2.33. The molecule has 0 unspecified atom stereocenters. The Bertz CT molecular complexity index is 602. The zero-order chi connectivity index (χ0) is 16.4. The molecule has 1 heterocycles. The van der Waals surface area contributed by atoms with Crippen LogP contribution in [-0.4, -0.2) is 30.9 Å². The first-order valence-electron chi connectivity index (χ1n) is 8.50. The number of rotatable bonds is 4. The van der Waals surface area contributed by atoms with E-state index in [1.54, 1.807) is 6.07 Å². The van der Waals surface area contributed by atoms with Crippen molar-refractivity contribution >= 4 is 23.2 Å². The Morgan fingerprint density at radius 2 is 1.83 bits per heavy atom. The second-order valence-corrected chi connectivity index (χ2v) is 6.83. The van der Waals surface area contributed by atoms with E-state index in [4.69, 9.17) is 0 Å². The monoisotopic (exact) mass is 315 g/mol. The van der Waals surface area contributed by atoms with Crippen LogP contribution in [0, 0.1) is 5.92 Å². The maximum atomic E-state index is 12.6. The van der Waals surface area contributed by atoms with E-state index in [1.807, 2.05) is 12.1 Å². The summed E-state index contributed by atoms with van der Waals surface area (Å²) < 4.78 is 0. The summed E-state index contributed by atoms with van der Waals surface area (Å²) in [6.45, 7) is 5.70. The van der Waals surface area contributed by atoms with Gasteiger partial charge >= 0.3 is 0 Å². The van der Waals surface area contributed by atoms with Gasteiger partial charge in [0, 0.05) is 37.4 Å². The van der Waals surface area contributed by atoms with Crippen molar-refractivity contribution < 1.29 is 9.59 Å². The molecule has 1 aliphatic heterocycles. The molecule has 2 N–H and O–H groups in total. The summed E-state index contributed by atoms with van der Waals surface area (Å²) in [6, 6.07) is 5.96. The molecule has 2 fully saturated rings. The van der Waals surface area contributed by atoms with Crippen LogP contribution in [0.3, 0.4) is 0 Å². The maximum Gasteiger partial charge on any atom is 0.253 e. The fourth-order valence-corrected chi connectivity index (χ4v) is 3.01. The third-order valence-corrected chi connectivity index (χ3v) is 4.60. The van der Waals surface area contributed by atoms with Crippen molar-refractivity contribution in [3.63, 3.8) is 0 Å². The molecule has 5 heteroatoms. The Kier molecular flexibility index (Phi) is 4.55. The molecule has 1 saturated heterocycles. The number of hydrogen-bond donors (Lipinski definition) is 2. The van der Waals surface area contributed by atoms with E-state index in [-0.39, 0.29) is 11.8 Å². The number of hydrogen-bond acceptors (Lipinski definition) is 3. The van der Waals surface area contributed by atoms with Gasteiger partial charge in [0.15, 0.2) is 0 Å². The topological polar surface area (TPSA) is 61.4 Å². The lowest BCUT2D eigenvalue weighted by molar-refractivity contribution is -0.114. The standard InChI is InChI=1S/C18H25N3O2/c1-12-7-9-21(10-8-12)17-6-5-15(19-13(2)22)11-16(17)18(23)20-14-3-4-14/h5-6,11-12,14H,3-4,7-10H2,1-2H3,(H,19,22)(H,20,23). The van der Waals surface area contributed by atoms with Crippen LogP contribution < -0.4 is 15.5 Å². The van der Waals surface area contributed by atoms with E-state index >= 15 is 0 Å². The molecule has 1 saturated carbocycles. The Balaban J connectivity index is 1.86. The average molecular weight is 315 g/mol. The highest BCUT2D eigenvalue weighted by molar-refractivity contribution is 6.02. The Labute approximate surface area is 137 Å². The first-order valence-corrected chi connectivity index (χ1v) is 8.50. The highest BCUT2D eigenvalue weighted by atomic mass is 16.2. The molecule has 0 radical (unpaired) electrons. The molecule has 23 heavy (non-hydrogen) atoms.